The Morgan fingerprint density at radius 2 is 0.490 bits per heavy atom. The topological polar surface area (TPSA) is 237 Å². The van der Waals surface area contributed by atoms with Crippen molar-refractivity contribution in [3.8, 4) is 0 Å². The number of hydrogen-bond donors (Lipinski definition) is 3. The van der Waals surface area contributed by atoms with Crippen LogP contribution in [0.4, 0.5) is 0 Å². The lowest BCUT2D eigenvalue weighted by atomic mass is 9.99. The molecule has 3 N–H and O–H groups in total. The lowest BCUT2D eigenvalue weighted by Gasteiger charge is -2.21. The van der Waals surface area contributed by atoms with Crippen LogP contribution in [-0.4, -0.2) is 96.7 Å². The van der Waals surface area contributed by atoms with E-state index in [4.69, 9.17) is 37.0 Å². The second-order valence-electron chi connectivity index (χ2n) is 30.1. The number of phosphoric acid groups is 2. The molecule has 0 heterocycles. The summed E-state index contributed by atoms with van der Waals surface area (Å²) in [5.41, 5.74) is 0. The van der Waals surface area contributed by atoms with Crippen LogP contribution < -0.4 is 0 Å². The predicted octanol–water partition coefficient (Wildman–Crippen LogP) is 23.2. The molecule has 0 aromatic heterocycles. The lowest BCUT2D eigenvalue weighted by Crippen LogP contribution is -2.30. The summed E-state index contributed by atoms with van der Waals surface area (Å²) in [6.07, 6.45) is 54.3. The van der Waals surface area contributed by atoms with Crippen molar-refractivity contribution >= 4 is 39.5 Å². The minimum Gasteiger partial charge on any atom is -0.462 e. The molecule has 4 unspecified atom stereocenters. The van der Waals surface area contributed by atoms with Gasteiger partial charge in [0.05, 0.1) is 26.4 Å². The standard InChI is InChI=1S/C79H154O17P2/c1-9-72(8)58-50-42-33-27-23-24-30-36-46-54-62-79(84)95-74(65-89-76(81)59-51-43-34-28-22-18-20-26-32-40-48-56-70(4)5)67-93-97(85,86)91-63-73(80)64-92-98(87,88)94-68-75(66-90-77(82)60-52-44-38-37-41-49-57-71(6)7)96-78(83)61-53-45-35-29-21-17-15-13-11-10-12-14-16-19-25-31-39-47-55-69(2)3/h69-75,80H,9-68H2,1-8H3,(H,85,86)(H,87,88)/t72?,73?,74-,75-/m1/s1. The summed E-state index contributed by atoms with van der Waals surface area (Å²) in [4.78, 5) is 72.9. The van der Waals surface area contributed by atoms with E-state index in [-0.39, 0.29) is 25.7 Å². The molecule has 0 amide bonds. The average molecular weight is 1440 g/mol. The lowest BCUT2D eigenvalue weighted by molar-refractivity contribution is -0.161. The van der Waals surface area contributed by atoms with Crippen molar-refractivity contribution in [1.29, 1.82) is 0 Å². The van der Waals surface area contributed by atoms with Crippen molar-refractivity contribution < 1.29 is 80.2 Å². The predicted molar refractivity (Wildman–Crippen MR) is 400 cm³/mol. The Balaban J connectivity index is 5.19. The summed E-state index contributed by atoms with van der Waals surface area (Å²) in [6.45, 7) is 14.2. The molecule has 6 atom stereocenters. The Kier molecular flexibility index (Phi) is 66.8. The summed E-state index contributed by atoms with van der Waals surface area (Å²) >= 11 is 0. The van der Waals surface area contributed by atoms with Gasteiger partial charge in [-0.15, -0.1) is 0 Å². The third-order valence-corrected chi connectivity index (χ3v) is 20.6. The largest absolute Gasteiger partial charge is 0.472 e. The summed E-state index contributed by atoms with van der Waals surface area (Å²) in [6, 6.07) is 0. The van der Waals surface area contributed by atoms with Crippen molar-refractivity contribution in [2.45, 2.75) is 420 Å². The van der Waals surface area contributed by atoms with Gasteiger partial charge < -0.3 is 33.8 Å². The molecular weight excluding hydrogens is 1280 g/mol. The van der Waals surface area contributed by atoms with Crippen LogP contribution in [0.2, 0.25) is 0 Å². The zero-order valence-corrected chi connectivity index (χ0v) is 66.2. The fourth-order valence-corrected chi connectivity index (χ4v) is 13.6. The molecule has 0 saturated carbocycles. The number of carbonyl (C=O) groups is 4. The van der Waals surface area contributed by atoms with E-state index in [1.54, 1.807) is 0 Å². The highest BCUT2D eigenvalue weighted by Crippen LogP contribution is 2.45. The van der Waals surface area contributed by atoms with Crippen molar-refractivity contribution in [2.24, 2.45) is 23.7 Å². The molecule has 0 aliphatic heterocycles. The van der Waals surface area contributed by atoms with Gasteiger partial charge >= 0.3 is 39.5 Å². The first-order chi connectivity index (χ1) is 47.1. The Labute approximate surface area is 600 Å². The van der Waals surface area contributed by atoms with Gasteiger partial charge in [0, 0.05) is 25.7 Å². The van der Waals surface area contributed by atoms with Crippen molar-refractivity contribution in [1.82, 2.24) is 0 Å². The Hall–Kier alpha value is -1.94. The van der Waals surface area contributed by atoms with Crippen LogP contribution in [0.3, 0.4) is 0 Å². The van der Waals surface area contributed by atoms with Crippen LogP contribution in [0, 0.1) is 23.7 Å². The second kappa shape index (κ2) is 68.2. The first-order valence-corrected chi connectivity index (χ1v) is 43.7. The van der Waals surface area contributed by atoms with Gasteiger partial charge in [-0.2, -0.15) is 0 Å². The zero-order valence-electron chi connectivity index (χ0n) is 64.4. The molecule has 0 bridgehead atoms. The van der Waals surface area contributed by atoms with Crippen molar-refractivity contribution in [2.75, 3.05) is 39.6 Å². The smallest absolute Gasteiger partial charge is 0.462 e. The molecule has 98 heavy (non-hydrogen) atoms. The third kappa shape index (κ3) is 71.1. The highest BCUT2D eigenvalue weighted by molar-refractivity contribution is 7.47. The number of ether oxygens (including phenoxy) is 4. The van der Waals surface area contributed by atoms with E-state index in [1.807, 2.05) is 0 Å². The van der Waals surface area contributed by atoms with Crippen LogP contribution in [0.5, 0.6) is 0 Å². The second-order valence-corrected chi connectivity index (χ2v) is 33.0. The highest BCUT2D eigenvalue weighted by atomic mass is 31.2. The molecule has 0 aromatic rings. The molecule has 582 valence electrons. The first kappa shape index (κ1) is 96.1. The summed E-state index contributed by atoms with van der Waals surface area (Å²) in [5, 5.41) is 10.6. The van der Waals surface area contributed by atoms with Crippen LogP contribution in [0.1, 0.15) is 402 Å². The Morgan fingerprint density at radius 1 is 0.286 bits per heavy atom. The van der Waals surface area contributed by atoms with Crippen molar-refractivity contribution in [3.63, 3.8) is 0 Å². The zero-order chi connectivity index (χ0) is 72.4. The van der Waals surface area contributed by atoms with Gasteiger partial charge in [-0.1, -0.05) is 351 Å². The fourth-order valence-electron chi connectivity index (χ4n) is 12.0. The monoisotopic (exact) mass is 1440 g/mol. The van der Waals surface area contributed by atoms with E-state index in [9.17, 15) is 43.2 Å². The maximum Gasteiger partial charge on any atom is 0.472 e. The van der Waals surface area contributed by atoms with E-state index in [2.05, 4.69) is 55.4 Å². The quantitative estimate of drug-likeness (QED) is 0.0222. The number of phosphoric ester groups is 2. The van der Waals surface area contributed by atoms with Crippen molar-refractivity contribution in [3.05, 3.63) is 0 Å². The average Bonchev–Trinajstić information content (AvgIpc) is 0.963. The molecule has 0 aromatic carbocycles. The van der Waals surface area contributed by atoms with Gasteiger partial charge in [-0.3, -0.25) is 37.3 Å². The summed E-state index contributed by atoms with van der Waals surface area (Å²) in [5.74, 6) is 0.954. The third-order valence-electron chi connectivity index (χ3n) is 18.7. The van der Waals surface area contributed by atoms with Crippen LogP contribution in [0.25, 0.3) is 0 Å². The maximum atomic E-state index is 13.1. The van der Waals surface area contributed by atoms with E-state index in [0.717, 1.165) is 114 Å². The minimum atomic E-state index is -4.96. The van der Waals surface area contributed by atoms with Gasteiger partial charge in [0.25, 0.3) is 0 Å². The van der Waals surface area contributed by atoms with E-state index in [0.29, 0.717) is 31.6 Å². The Morgan fingerprint density at radius 3 is 0.724 bits per heavy atom. The van der Waals surface area contributed by atoms with Crippen LogP contribution >= 0.6 is 15.6 Å². The molecule has 0 aliphatic rings. The normalized spacial score (nSPS) is 14.3. The molecule has 19 heteroatoms. The van der Waals surface area contributed by atoms with Gasteiger partial charge in [-0.05, 0) is 49.4 Å². The summed E-state index contributed by atoms with van der Waals surface area (Å²) in [7, 11) is -9.92. The van der Waals surface area contributed by atoms with Crippen LogP contribution in [-0.2, 0) is 65.4 Å². The molecule has 0 rings (SSSR count). The number of hydrogen-bond acceptors (Lipinski definition) is 15. The van der Waals surface area contributed by atoms with Gasteiger partial charge in [0.2, 0.25) is 0 Å². The molecule has 17 nitrogen and oxygen atoms in total. The number of aliphatic hydroxyl groups is 1. The molecule has 0 fully saturated rings. The van der Waals surface area contributed by atoms with E-state index >= 15 is 0 Å². The Bertz CT molecular complexity index is 1920. The maximum absolute atomic E-state index is 13.1. The van der Waals surface area contributed by atoms with Gasteiger partial charge in [0.15, 0.2) is 12.2 Å². The first-order valence-electron chi connectivity index (χ1n) is 40.7. The summed E-state index contributed by atoms with van der Waals surface area (Å²) < 4.78 is 68.6. The van der Waals surface area contributed by atoms with Gasteiger partial charge in [-0.25, -0.2) is 9.13 Å². The fraction of sp³-hybridized carbons (Fsp3) is 0.949. The molecule has 0 spiro atoms. The highest BCUT2D eigenvalue weighted by Gasteiger charge is 2.30. The molecule has 0 radical (unpaired) electrons. The van der Waals surface area contributed by atoms with E-state index in [1.165, 1.54) is 199 Å². The molecule has 0 aliphatic carbocycles. The number of esters is 4. The SMILES string of the molecule is CCC(C)CCCCCCCCCCCCC(=O)O[C@H](COC(=O)CCCCCCCCCCCCCC(C)C)COP(=O)(O)OCC(O)COP(=O)(O)OC[C@@H](COC(=O)CCCCCCCCC(C)C)OC(=O)CCCCCCCCCCCCCCCCCCCCC(C)C. The van der Waals surface area contributed by atoms with Gasteiger partial charge in [0.1, 0.15) is 19.3 Å². The number of aliphatic hydroxyl groups excluding tert-OH is 1. The molecular formula is C79H154O17P2. The van der Waals surface area contributed by atoms with E-state index < -0.39 is 97.5 Å². The molecule has 0 saturated heterocycles. The number of unbranched alkanes of at least 4 members (excludes halogenated alkanes) is 41. The number of rotatable bonds is 76. The van der Waals surface area contributed by atoms with Crippen LogP contribution in [0.15, 0.2) is 0 Å². The minimum absolute atomic E-state index is 0.106. The number of carbonyl (C=O) groups excluding carboxylic acids is 4.